The Kier molecular flexibility index (Phi) is 5.79. The molecule has 0 radical (unpaired) electrons. The monoisotopic (exact) mass is 309 g/mol. The van der Waals surface area contributed by atoms with Crippen molar-refractivity contribution in [1.82, 2.24) is 15.1 Å². The van der Waals surface area contributed by atoms with Crippen molar-refractivity contribution in [1.29, 1.82) is 0 Å². The summed E-state index contributed by atoms with van der Waals surface area (Å²) in [5, 5.41) is 7.77. The van der Waals surface area contributed by atoms with E-state index in [1.807, 2.05) is 4.90 Å². The van der Waals surface area contributed by atoms with E-state index in [4.69, 9.17) is 0 Å². The van der Waals surface area contributed by atoms with Crippen LogP contribution in [0.4, 0.5) is 0 Å². The van der Waals surface area contributed by atoms with E-state index in [0.717, 1.165) is 25.8 Å². The standard InChI is InChI=1S/C16H27N3OS/c1-5-6-7-14-16(20)19(12(2)10-18(3)4)15(17-14)13-8-9-21-11-13/h8-9,11-12,14-15,17H,5-7,10H2,1-4H3. The SMILES string of the molecule is CCCCC1NC(c2ccsc2)N(C(C)CN(C)C)C1=O. The number of thiophene rings is 1. The molecule has 0 bridgehead atoms. The third-order valence-corrected chi connectivity index (χ3v) is 4.70. The average Bonchev–Trinajstić information content (AvgIpc) is 3.03. The quantitative estimate of drug-likeness (QED) is 0.841. The number of nitrogens with one attached hydrogen (secondary N) is 1. The van der Waals surface area contributed by atoms with Crippen LogP contribution >= 0.6 is 11.3 Å². The molecule has 118 valence electrons. The van der Waals surface area contributed by atoms with E-state index in [1.165, 1.54) is 5.56 Å². The van der Waals surface area contributed by atoms with E-state index < -0.39 is 0 Å². The molecular weight excluding hydrogens is 282 g/mol. The molecule has 1 saturated heterocycles. The van der Waals surface area contributed by atoms with Crippen LogP contribution < -0.4 is 5.32 Å². The van der Waals surface area contributed by atoms with E-state index >= 15 is 0 Å². The van der Waals surface area contributed by atoms with Gasteiger partial charge in [0.2, 0.25) is 5.91 Å². The van der Waals surface area contributed by atoms with Gasteiger partial charge < -0.3 is 9.80 Å². The minimum Gasteiger partial charge on any atom is -0.318 e. The first-order valence-electron chi connectivity index (χ1n) is 7.79. The van der Waals surface area contributed by atoms with Crippen molar-refractivity contribution < 1.29 is 4.79 Å². The van der Waals surface area contributed by atoms with E-state index in [9.17, 15) is 4.79 Å². The number of carbonyl (C=O) groups excluding carboxylic acids is 1. The van der Waals surface area contributed by atoms with Gasteiger partial charge in [0.15, 0.2) is 0 Å². The number of hydrogen-bond acceptors (Lipinski definition) is 4. The van der Waals surface area contributed by atoms with Crippen molar-refractivity contribution in [3.05, 3.63) is 22.4 Å². The van der Waals surface area contributed by atoms with Crippen molar-refractivity contribution in [3.63, 3.8) is 0 Å². The summed E-state index contributed by atoms with van der Waals surface area (Å²) >= 11 is 1.69. The van der Waals surface area contributed by atoms with Gasteiger partial charge in [0.1, 0.15) is 6.17 Å². The summed E-state index contributed by atoms with van der Waals surface area (Å²) in [5.74, 6) is 0.258. The Balaban J connectivity index is 2.17. The van der Waals surface area contributed by atoms with Crippen LogP contribution in [0.1, 0.15) is 44.8 Å². The predicted molar refractivity (Wildman–Crippen MR) is 88.4 cm³/mol. The summed E-state index contributed by atoms with van der Waals surface area (Å²) < 4.78 is 0. The molecule has 21 heavy (non-hydrogen) atoms. The van der Waals surface area contributed by atoms with E-state index in [2.05, 4.69) is 55.0 Å². The third kappa shape index (κ3) is 3.84. The van der Waals surface area contributed by atoms with E-state index in [0.29, 0.717) is 0 Å². The summed E-state index contributed by atoms with van der Waals surface area (Å²) in [5.41, 5.74) is 1.21. The predicted octanol–water partition coefficient (Wildman–Crippen LogP) is 2.69. The Morgan fingerprint density at radius 3 is 2.81 bits per heavy atom. The highest BCUT2D eigenvalue weighted by Gasteiger charge is 2.41. The molecule has 2 heterocycles. The van der Waals surface area contributed by atoms with Crippen molar-refractivity contribution in [3.8, 4) is 0 Å². The van der Waals surface area contributed by atoms with Gasteiger partial charge in [0, 0.05) is 12.6 Å². The molecule has 1 aliphatic rings. The van der Waals surface area contributed by atoms with Crippen LogP contribution in [0.25, 0.3) is 0 Å². The van der Waals surface area contributed by atoms with E-state index in [1.54, 1.807) is 11.3 Å². The number of carbonyl (C=O) groups is 1. The van der Waals surface area contributed by atoms with Gasteiger partial charge in [-0.25, -0.2) is 0 Å². The topological polar surface area (TPSA) is 35.6 Å². The molecule has 4 nitrogen and oxygen atoms in total. The maximum absolute atomic E-state index is 12.8. The normalized spacial score (nSPS) is 24.0. The number of rotatable bonds is 7. The molecule has 1 aliphatic heterocycles. The molecule has 0 aromatic carbocycles. The second-order valence-electron chi connectivity index (χ2n) is 6.18. The lowest BCUT2D eigenvalue weighted by Crippen LogP contribution is -2.43. The molecule has 1 aromatic heterocycles. The molecule has 2 rings (SSSR count). The molecule has 3 atom stereocenters. The van der Waals surface area contributed by atoms with Crippen LogP contribution in [0.3, 0.4) is 0 Å². The zero-order valence-electron chi connectivity index (χ0n) is 13.5. The fraction of sp³-hybridized carbons (Fsp3) is 0.688. The summed E-state index contributed by atoms with van der Waals surface area (Å²) in [6, 6.07) is 2.30. The average molecular weight is 309 g/mol. The van der Waals surface area contributed by atoms with Gasteiger partial charge in [-0.05, 0) is 49.8 Å². The van der Waals surface area contributed by atoms with Crippen LogP contribution in [0.15, 0.2) is 16.8 Å². The Morgan fingerprint density at radius 1 is 1.48 bits per heavy atom. The van der Waals surface area contributed by atoms with Crippen molar-refractivity contribution in [2.75, 3.05) is 20.6 Å². The molecule has 1 fully saturated rings. The Morgan fingerprint density at radius 2 is 2.24 bits per heavy atom. The molecule has 1 aromatic rings. The molecule has 1 amide bonds. The molecule has 3 unspecified atom stereocenters. The lowest BCUT2D eigenvalue weighted by atomic mass is 10.1. The Labute approximate surface area is 132 Å². The summed E-state index contributed by atoms with van der Waals surface area (Å²) in [7, 11) is 4.11. The summed E-state index contributed by atoms with van der Waals surface area (Å²) in [6.45, 7) is 5.19. The second kappa shape index (κ2) is 7.38. The van der Waals surface area contributed by atoms with Gasteiger partial charge in [-0.3, -0.25) is 10.1 Å². The lowest BCUT2D eigenvalue weighted by Gasteiger charge is -2.31. The molecule has 0 aliphatic carbocycles. The number of likely N-dealkylation sites (N-methyl/N-ethyl adjacent to an activating group) is 1. The van der Waals surface area contributed by atoms with Crippen molar-refractivity contribution in [2.24, 2.45) is 0 Å². The molecule has 5 heteroatoms. The number of amides is 1. The Hall–Kier alpha value is -0.910. The highest BCUT2D eigenvalue weighted by atomic mass is 32.1. The molecule has 0 spiro atoms. The number of hydrogen-bond donors (Lipinski definition) is 1. The molecule has 0 saturated carbocycles. The van der Waals surface area contributed by atoms with Crippen LogP contribution in [-0.4, -0.2) is 48.4 Å². The zero-order valence-corrected chi connectivity index (χ0v) is 14.3. The zero-order chi connectivity index (χ0) is 15.4. The third-order valence-electron chi connectivity index (χ3n) is 4.00. The van der Waals surface area contributed by atoms with E-state index in [-0.39, 0.29) is 24.2 Å². The maximum atomic E-state index is 12.8. The van der Waals surface area contributed by atoms with Crippen LogP contribution in [0.5, 0.6) is 0 Å². The molecular formula is C16H27N3OS. The first-order chi connectivity index (χ1) is 10.0. The smallest absolute Gasteiger partial charge is 0.241 e. The summed E-state index contributed by atoms with van der Waals surface area (Å²) in [4.78, 5) is 17.0. The fourth-order valence-electron chi connectivity index (χ4n) is 3.04. The lowest BCUT2D eigenvalue weighted by molar-refractivity contribution is -0.132. The minimum absolute atomic E-state index is 0.0283. The highest BCUT2D eigenvalue weighted by Crippen LogP contribution is 2.30. The first-order valence-corrected chi connectivity index (χ1v) is 8.74. The highest BCUT2D eigenvalue weighted by molar-refractivity contribution is 7.07. The molecule has 1 N–H and O–H groups in total. The van der Waals surface area contributed by atoms with Gasteiger partial charge in [-0.15, -0.1) is 0 Å². The van der Waals surface area contributed by atoms with Gasteiger partial charge in [-0.2, -0.15) is 11.3 Å². The first kappa shape index (κ1) is 16.5. The van der Waals surface area contributed by atoms with Gasteiger partial charge in [0.05, 0.1) is 6.04 Å². The van der Waals surface area contributed by atoms with Crippen molar-refractivity contribution >= 4 is 17.2 Å². The minimum atomic E-state index is -0.0283. The van der Waals surface area contributed by atoms with Gasteiger partial charge >= 0.3 is 0 Å². The summed E-state index contributed by atoms with van der Waals surface area (Å²) in [6.07, 6.45) is 3.18. The fourth-order valence-corrected chi connectivity index (χ4v) is 3.72. The van der Waals surface area contributed by atoms with Crippen LogP contribution in [0.2, 0.25) is 0 Å². The second-order valence-corrected chi connectivity index (χ2v) is 6.96. The number of nitrogens with zero attached hydrogens (tertiary/aromatic N) is 2. The Bertz CT molecular complexity index is 446. The largest absolute Gasteiger partial charge is 0.318 e. The van der Waals surface area contributed by atoms with Gasteiger partial charge in [0.25, 0.3) is 0 Å². The van der Waals surface area contributed by atoms with Crippen LogP contribution in [-0.2, 0) is 4.79 Å². The van der Waals surface area contributed by atoms with Crippen molar-refractivity contribution in [2.45, 2.75) is 51.4 Å². The maximum Gasteiger partial charge on any atom is 0.241 e. The number of unbranched alkanes of at least 4 members (excludes halogenated alkanes) is 1. The van der Waals surface area contributed by atoms with Crippen LogP contribution in [0, 0.1) is 0 Å². The van der Waals surface area contributed by atoms with Gasteiger partial charge in [-0.1, -0.05) is 19.8 Å².